The van der Waals surface area contributed by atoms with Gasteiger partial charge < -0.3 is 10.1 Å². The van der Waals surface area contributed by atoms with E-state index < -0.39 is 17.7 Å². The Hall–Kier alpha value is -3.61. The molecule has 0 aliphatic carbocycles. The van der Waals surface area contributed by atoms with E-state index in [1.54, 1.807) is 36.4 Å². The third-order valence-corrected chi connectivity index (χ3v) is 3.43. The van der Waals surface area contributed by atoms with Crippen LogP contribution < -0.4 is 20.9 Å². The highest BCUT2D eigenvalue weighted by Gasteiger charge is 2.13. The van der Waals surface area contributed by atoms with Crippen molar-refractivity contribution in [3.05, 3.63) is 71.4 Å². The predicted molar refractivity (Wildman–Crippen MR) is 101 cm³/mol. The fourth-order valence-electron chi connectivity index (χ4n) is 2.16. The monoisotopic (exact) mass is 367 g/mol. The van der Waals surface area contributed by atoms with E-state index in [1.807, 2.05) is 25.1 Å². The van der Waals surface area contributed by atoms with Gasteiger partial charge in [0.2, 0.25) is 5.91 Å². The highest BCUT2D eigenvalue weighted by Crippen LogP contribution is 2.15. The van der Waals surface area contributed by atoms with Crippen molar-refractivity contribution in [1.29, 1.82) is 0 Å². The molecule has 0 unspecified atom stereocenters. The van der Waals surface area contributed by atoms with Gasteiger partial charge in [-0.25, -0.2) is 0 Å². The van der Waals surface area contributed by atoms with Gasteiger partial charge in [0, 0.05) is 6.92 Å². The molecule has 2 aromatic carbocycles. The Morgan fingerprint density at radius 1 is 0.963 bits per heavy atom. The first-order valence-electron chi connectivity index (χ1n) is 8.27. The molecule has 0 heterocycles. The number of aryl methyl sites for hydroxylation is 1. The zero-order valence-electron chi connectivity index (χ0n) is 15.1. The van der Waals surface area contributed by atoms with Crippen LogP contribution in [-0.4, -0.2) is 24.3 Å². The van der Waals surface area contributed by atoms with Crippen LogP contribution >= 0.6 is 0 Å². The number of nitrogens with one attached hydrogen (secondary N) is 3. The molecular formula is C20H21N3O4. The molecule has 3 N–H and O–H groups in total. The average molecular weight is 367 g/mol. The lowest BCUT2D eigenvalue weighted by molar-refractivity contribution is -0.129. The summed E-state index contributed by atoms with van der Waals surface area (Å²) >= 11 is 0. The van der Waals surface area contributed by atoms with Crippen LogP contribution in [0.3, 0.4) is 0 Å². The Kier molecular flexibility index (Phi) is 7.13. The van der Waals surface area contributed by atoms with Crippen molar-refractivity contribution in [2.24, 2.45) is 0 Å². The fourth-order valence-corrected chi connectivity index (χ4v) is 2.16. The molecule has 7 nitrogen and oxygen atoms in total. The van der Waals surface area contributed by atoms with E-state index in [0.717, 1.165) is 11.1 Å². The normalized spacial score (nSPS) is 10.7. The van der Waals surface area contributed by atoms with Crippen molar-refractivity contribution in [2.45, 2.75) is 13.8 Å². The van der Waals surface area contributed by atoms with E-state index in [-0.39, 0.29) is 12.3 Å². The van der Waals surface area contributed by atoms with Gasteiger partial charge in [0.15, 0.2) is 6.61 Å². The molecule has 0 aromatic heterocycles. The lowest BCUT2D eigenvalue weighted by Crippen LogP contribution is -2.46. The minimum absolute atomic E-state index is 0.00817. The number of carbonyl (C=O) groups is 3. The summed E-state index contributed by atoms with van der Waals surface area (Å²) in [5, 5.41) is 2.44. The highest BCUT2D eigenvalue weighted by molar-refractivity contribution is 6.01. The second kappa shape index (κ2) is 9.76. The lowest BCUT2D eigenvalue weighted by atomic mass is 10.2. The van der Waals surface area contributed by atoms with Crippen LogP contribution in [0.25, 0.3) is 6.08 Å². The van der Waals surface area contributed by atoms with Gasteiger partial charge in [-0.3, -0.25) is 25.2 Å². The quantitative estimate of drug-likeness (QED) is 0.535. The minimum atomic E-state index is -0.654. The summed E-state index contributed by atoms with van der Waals surface area (Å²) in [5.41, 5.74) is 6.15. The molecule has 0 saturated heterocycles. The van der Waals surface area contributed by atoms with Crippen molar-refractivity contribution in [3.8, 4) is 5.75 Å². The third kappa shape index (κ3) is 6.66. The zero-order chi connectivity index (χ0) is 19.6. The van der Waals surface area contributed by atoms with Crippen molar-refractivity contribution < 1.29 is 19.1 Å². The lowest BCUT2D eigenvalue weighted by Gasteiger charge is -2.12. The van der Waals surface area contributed by atoms with Gasteiger partial charge >= 0.3 is 0 Å². The number of hydrazine groups is 1. The van der Waals surface area contributed by atoms with Crippen LogP contribution in [0.2, 0.25) is 0 Å². The van der Waals surface area contributed by atoms with Crippen molar-refractivity contribution in [2.75, 3.05) is 6.61 Å². The minimum Gasteiger partial charge on any atom is -0.483 e. The maximum Gasteiger partial charge on any atom is 0.286 e. The van der Waals surface area contributed by atoms with Gasteiger partial charge in [-0.1, -0.05) is 48.5 Å². The van der Waals surface area contributed by atoms with Gasteiger partial charge in [-0.05, 0) is 30.2 Å². The molecule has 27 heavy (non-hydrogen) atoms. The Labute approximate surface area is 157 Å². The smallest absolute Gasteiger partial charge is 0.286 e. The van der Waals surface area contributed by atoms with Crippen LogP contribution in [-0.2, 0) is 14.4 Å². The summed E-state index contributed by atoms with van der Waals surface area (Å²) in [5.74, 6) is -1.00. The second-order valence-electron chi connectivity index (χ2n) is 5.71. The SMILES string of the molecule is CC(=O)N/C(=C\c1ccccc1)C(=O)NNC(=O)COc1ccccc1C. The molecule has 0 radical (unpaired) electrons. The second-order valence-corrected chi connectivity index (χ2v) is 5.71. The molecule has 7 heteroatoms. The Morgan fingerprint density at radius 2 is 1.63 bits per heavy atom. The molecule has 2 rings (SSSR count). The molecule has 3 amide bonds. The van der Waals surface area contributed by atoms with Crippen LogP contribution in [0.1, 0.15) is 18.1 Å². The van der Waals surface area contributed by atoms with E-state index >= 15 is 0 Å². The van der Waals surface area contributed by atoms with Crippen molar-refractivity contribution >= 4 is 23.8 Å². The number of rotatable bonds is 6. The van der Waals surface area contributed by atoms with E-state index in [9.17, 15) is 14.4 Å². The molecule has 0 bridgehead atoms. The van der Waals surface area contributed by atoms with E-state index in [4.69, 9.17) is 4.74 Å². The summed E-state index contributed by atoms with van der Waals surface area (Å²) in [6.07, 6.45) is 1.51. The summed E-state index contributed by atoms with van der Waals surface area (Å²) < 4.78 is 5.40. The van der Waals surface area contributed by atoms with E-state index in [2.05, 4.69) is 16.2 Å². The third-order valence-electron chi connectivity index (χ3n) is 3.43. The van der Waals surface area contributed by atoms with Gasteiger partial charge in [-0.15, -0.1) is 0 Å². The van der Waals surface area contributed by atoms with Crippen LogP contribution in [0.4, 0.5) is 0 Å². The molecule has 0 aliphatic heterocycles. The maximum absolute atomic E-state index is 12.3. The first-order valence-corrected chi connectivity index (χ1v) is 8.27. The first kappa shape index (κ1) is 19.7. The highest BCUT2D eigenvalue weighted by atomic mass is 16.5. The molecule has 0 atom stereocenters. The summed E-state index contributed by atoms with van der Waals surface area (Å²) in [6.45, 7) is 2.90. The average Bonchev–Trinajstić information content (AvgIpc) is 2.65. The van der Waals surface area contributed by atoms with Gasteiger partial charge in [-0.2, -0.15) is 0 Å². The molecule has 0 saturated carbocycles. The zero-order valence-corrected chi connectivity index (χ0v) is 15.1. The summed E-state index contributed by atoms with van der Waals surface area (Å²) in [6, 6.07) is 16.3. The number of para-hydroxylation sites is 1. The largest absolute Gasteiger partial charge is 0.483 e. The van der Waals surface area contributed by atoms with Crippen LogP contribution in [0.15, 0.2) is 60.3 Å². The number of amides is 3. The first-order chi connectivity index (χ1) is 13.0. The summed E-state index contributed by atoms with van der Waals surface area (Å²) in [7, 11) is 0. The number of hydrogen-bond acceptors (Lipinski definition) is 4. The topological polar surface area (TPSA) is 96.5 Å². The number of carbonyl (C=O) groups excluding carboxylic acids is 3. The van der Waals surface area contributed by atoms with Crippen molar-refractivity contribution in [1.82, 2.24) is 16.2 Å². The number of hydrogen-bond donors (Lipinski definition) is 3. The van der Waals surface area contributed by atoms with Crippen LogP contribution in [0, 0.1) is 6.92 Å². The Bertz CT molecular complexity index is 847. The summed E-state index contributed by atoms with van der Waals surface area (Å²) in [4.78, 5) is 35.5. The number of benzene rings is 2. The standard InChI is InChI=1S/C20H21N3O4/c1-14-8-6-7-11-18(14)27-13-19(25)22-23-20(26)17(21-15(2)24)12-16-9-4-3-5-10-16/h3-12H,13H2,1-2H3,(H,21,24)(H,22,25)(H,23,26)/b17-12-. The fraction of sp³-hybridized carbons (Fsp3) is 0.150. The van der Waals surface area contributed by atoms with E-state index in [0.29, 0.717) is 5.75 Å². The Balaban J connectivity index is 1.92. The van der Waals surface area contributed by atoms with Gasteiger partial charge in [0.25, 0.3) is 11.8 Å². The molecule has 2 aromatic rings. The molecule has 0 spiro atoms. The molecular weight excluding hydrogens is 346 g/mol. The predicted octanol–water partition coefficient (Wildman–Crippen LogP) is 1.70. The van der Waals surface area contributed by atoms with Gasteiger partial charge in [0.1, 0.15) is 11.4 Å². The molecule has 0 fully saturated rings. The number of ether oxygens (including phenoxy) is 1. The van der Waals surface area contributed by atoms with Crippen LogP contribution in [0.5, 0.6) is 5.75 Å². The maximum atomic E-state index is 12.3. The Morgan fingerprint density at radius 3 is 2.30 bits per heavy atom. The molecule has 140 valence electrons. The van der Waals surface area contributed by atoms with E-state index in [1.165, 1.54) is 13.0 Å². The van der Waals surface area contributed by atoms with Crippen molar-refractivity contribution in [3.63, 3.8) is 0 Å². The van der Waals surface area contributed by atoms with Gasteiger partial charge in [0.05, 0.1) is 0 Å². The molecule has 0 aliphatic rings.